The molecule has 1 N–H and O–H groups in total. The fourth-order valence-electron chi connectivity index (χ4n) is 1.75. The molecule has 114 valence electrons. The van der Waals surface area contributed by atoms with Crippen molar-refractivity contribution in [3.8, 4) is 5.75 Å². The van der Waals surface area contributed by atoms with Crippen molar-refractivity contribution >= 4 is 29.0 Å². The summed E-state index contributed by atoms with van der Waals surface area (Å²) in [6, 6.07) is 13.6. The van der Waals surface area contributed by atoms with Gasteiger partial charge in [-0.05, 0) is 24.3 Å². The predicted octanol–water partition coefficient (Wildman–Crippen LogP) is 3.33. The number of hydrogen-bond donors (Lipinski definition) is 1. The third-order valence-corrected chi connectivity index (χ3v) is 3.84. The van der Waals surface area contributed by atoms with E-state index in [9.17, 15) is 14.9 Å². The first-order valence-corrected chi connectivity index (χ1v) is 7.39. The topological polar surface area (TPSA) is 81.5 Å². The SMILES string of the molecule is COc1ccc(SCC(=O)Nc2ccccc2)c([N+](=O)[O-])c1. The molecule has 0 saturated heterocycles. The molecule has 0 unspecified atom stereocenters. The molecule has 7 heteroatoms. The van der Waals surface area contributed by atoms with Gasteiger partial charge in [0.05, 0.1) is 28.7 Å². The molecule has 0 radical (unpaired) electrons. The molecular weight excluding hydrogens is 304 g/mol. The van der Waals surface area contributed by atoms with Crippen LogP contribution >= 0.6 is 11.8 Å². The minimum absolute atomic E-state index is 0.0724. The number of rotatable bonds is 6. The van der Waals surface area contributed by atoms with Crippen molar-refractivity contribution in [3.05, 3.63) is 58.6 Å². The van der Waals surface area contributed by atoms with Crippen molar-refractivity contribution in [3.63, 3.8) is 0 Å². The Morgan fingerprint density at radius 1 is 1.27 bits per heavy atom. The van der Waals surface area contributed by atoms with Gasteiger partial charge in [-0.1, -0.05) is 18.2 Å². The van der Waals surface area contributed by atoms with Gasteiger partial charge in [-0.2, -0.15) is 0 Å². The van der Waals surface area contributed by atoms with E-state index >= 15 is 0 Å². The summed E-state index contributed by atoms with van der Waals surface area (Å²) in [5.74, 6) is 0.272. The number of amides is 1. The maximum atomic E-state index is 11.9. The third kappa shape index (κ3) is 4.23. The van der Waals surface area contributed by atoms with Gasteiger partial charge < -0.3 is 10.1 Å². The average Bonchev–Trinajstić information content (AvgIpc) is 2.53. The molecule has 22 heavy (non-hydrogen) atoms. The van der Waals surface area contributed by atoms with E-state index in [0.717, 1.165) is 11.8 Å². The molecular formula is C15H14N2O4S. The Bertz CT molecular complexity index is 676. The second kappa shape index (κ2) is 7.46. The van der Waals surface area contributed by atoms with Crippen molar-refractivity contribution < 1.29 is 14.5 Å². The molecule has 0 aliphatic heterocycles. The lowest BCUT2D eigenvalue weighted by atomic mass is 10.3. The Kier molecular flexibility index (Phi) is 5.37. The molecule has 0 saturated carbocycles. The Balaban J connectivity index is 2.02. The van der Waals surface area contributed by atoms with Crippen LogP contribution in [0.1, 0.15) is 0 Å². The van der Waals surface area contributed by atoms with Gasteiger partial charge in [0, 0.05) is 5.69 Å². The number of anilines is 1. The van der Waals surface area contributed by atoms with Crippen LogP contribution in [-0.4, -0.2) is 23.7 Å². The van der Waals surface area contributed by atoms with Gasteiger partial charge >= 0.3 is 0 Å². The molecule has 0 aromatic heterocycles. The van der Waals surface area contributed by atoms with E-state index in [2.05, 4.69) is 5.32 Å². The molecule has 1 amide bonds. The molecule has 2 rings (SSSR count). The van der Waals surface area contributed by atoms with Crippen molar-refractivity contribution in [1.82, 2.24) is 0 Å². The zero-order valence-corrected chi connectivity index (χ0v) is 12.6. The summed E-state index contributed by atoms with van der Waals surface area (Å²) in [5, 5.41) is 13.8. The number of nitro groups is 1. The highest BCUT2D eigenvalue weighted by atomic mass is 32.2. The average molecular weight is 318 g/mol. The number of nitro benzene ring substituents is 1. The van der Waals surface area contributed by atoms with Gasteiger partial charge in [0.15, 0.2) is 0 Å². The van der Waals surface area contributed by atoms with Crippen LogP contribution in [0.4, 0.5) is 11.4 Å². The second-order valence-corrected chi connectivity index (χ2v) is 5.31. The third-order valence-electron chi connectivity index (χ3n) is 2.78. The Hall–Kier alpha value is -2.54. The molecule has 6 nitrogen and oxygen atoms in total. The molecule has 2 aromatic rings. The number of nitrogens with zero attached hydrogens (tertiary/aromatic N) is 1. The molecule has 0 bridgehead atoms. The molecule has 0 fully saturated rings. The smallest absolute Gasteiger partial charge is 0.286 e. The van der Waals surface area contributed by atoms with E-state index in [4.69, 9.17) is 4.74 Å². The standard InChI is InChI=1S/C15H14N2O4S/c1-21-12-7-8-14(13(9-12)17(19)20)22-10-15(18)16-11-5-3-2-4-6-11/h2-9H,10H2,1H3,(H,16,18). The molecule has 0 aliphatic carbocycles. The van der Waals surface area contributed by atoms with Gasteiger partial charge in [0.1, 0.15) is 5.75 Å². The first-order valence-electron chi connectivity index (χ1n) is 6.40. The summed E-state index contributed by atoms with van der Waals surface area (Å²) in [6.07, 6.45) is 0. The number of benzene rings is 2. The van der Waals surface area contributed by atoms with Gasteiger partial charge in [-0.25, -0.2) is 0 Å². The van der Waals surface area contributed by atoms with Crippen LogP contribution in [0, 0.1) is 10.1 Å². The number of carbonyl (C=O) groups is 1. The lowest BCUT2D eigenvalue weighted by Crippen LogP contribution is -2.13. The lowest BCUT2D eigenvalue weighted by molar-refractivity contribution is -0.387. The molecule has 2 aromatic carbocycles. The van der Waals surface area contributed by atoms with E-state index < -0.39 is 4.92 Å². The monoisotopic (exact) mass is 318 g/mol. The van der Waals surface area contributed by atoms with Crippen LogP contribution in [0.3, 0.4) is 0 Å². The van der Waals surface area contributed by atoms with Crippen molar-refractivity contribution in [1.29, 1.82) is 0 Å². The number of ether oxygens (including phenoxy) is 1. The fourth-order valence-corrected chi connectivity index (χ4v) is 2.56. The maximum absolute atomic E-state index is 11.9. The number of thioether (sulfide) groups is 1. The highest BCUT2D eigenvalue weighted by Crippen LogP contribution is 2.32. The van der Waals surface area contributed by atoms with Crippen LogP contribution < -0.4 is 10.1 Å². The van der Waals surface area contributed by atoms with Gasteiger partial charge in [0.2, 0.25) is 5.91 Å². The van der Waals surface area contributed by atoms with Gasteiger partial charge in [-0.3, -0.25) is 14.9 Å². The molecule has 0 heterocycles. The summed E-state index contributed by atoms with van der Waals surface area (Å²) in [7, 11) is 1.44. The van der Waals surface area contributed by atoms with Crippen molar-refractivity contribution in [2.45, 2.75) is 4.90 Å². The Labute approximate surface area is 131 Å². The van der Waals surface area contributed by atoms with Crippen LogP contribution in [0.25, 0.3) is 0 Å². The summed E-state index contributed by atoms with van der Waals surface area (Å²) < 4.78 is 4.97. The zero-order valence-electron chi connectivity index (χ0n) is 11.8. The van der Waals surface area contributed by atoms with Crippen LogP contribution in [0.2, 0.25) is 0 Å². The number of para-hydroxylation sites is 1. The van der Waals surface area contributed by atoms with Crippen molar-refractivity contribution in [2.75, 3.05) is 18.2 Å². The minimum Gasteiger partial charge on any atom is -0.497 e. The van der Waals surface area contributed by atoms with E-state index in [1.54, 1.807) is 24.3 Å². The quantitative estimate of drug-likeness (QED) is 0.502. The highest BCUT2D eigenvalue weighted by Gasteiger charge is 2.16. The summed E-state index contributed by atoms with van der Waals surface area (Å²) in [5.41, 5.74) is 0.620. The summed E-state index contributed by atoms with van der Waals surface area (Å²) in [4.78, 5) is 22.9. The fraction of sp³-hybridized carbons (Fsp3) is 0.133. The predicted molar refractivity (Wildman–Crippen MR) is 85.4 cm³/mol. The highest BCUT2D eigenvalue weighted by molar-refractivity contribution is 8.00. The number of nitrogens with one attached hydrogen (secondary N) is 1. The van der Waals surface area contributed by atoms with E-state index in [1.165, 1.54) is 13.2 Å². The summed E-state index contributed by atoms with van der Waals surface area (Å²) >= 11 is 1.11. The van der Waals surface area contributed by atoms with Gasteiger partial charge in [0.25, 0.3) is 5.69 Å². The zero-order chi connectivity index (χ0) is 15.9. The molecule has 0 atom stereocenters. The maximum Gasteiger partial charge on any atom is 0.286 e. The largest absolute Gasteiger partial charge is 0.497 e. The van der Waals surface area contributed by atoms with Crippen LogP contribution in [-0.2, 0) is 4.79 Å². The Morgan fingerprint density at radius 2 is 2.00 bits per heavy atom. The van der Waals surface area contributed by atoms with E-state index in [0.29, 0.717) is 16.3 Å². The number of methoxy groups -OCH3 is 1. The Morgan fingerprint density at radius 3 is 2.64 bits per heavy atom. The molecule has 0 aliphatic rings. The van der Waals surface area contributed by atoms with E-state index in [-0.39, 0.29) is 17.3 Å². The lowest BCUT2D eigenvalue weighted by Gasteiger charge is -2.06. The first kappa shape index (κ1) is 15.8. The van der Waals surface area contributed by atoms with Crippen LogP contribution in [0.5, 0.6) is 5.75 Å². The number of hydrogen-bond acceptors (Lipinski definition) is 5. The number of carbonyl (C=O) groups excluding carboxylic acids is 1. The van der Waals surface area contributed by atoms with E-state index in [1.807, 2.05) is 18.2 Å². The first-order chi connectivity index (χ1) is 10.6. The van der Waals surface area contributed by atoms with Gasteiger partial charge in [-0.15, -0.1) is 11.8 Å². The molecule has 0 spiro atoms. The van der Waals surface area contributed by atoms with Crippen molar-refractivity contribution in [2.24, 2.45) is 0 Å². The second-order valence-electron chi connectivity index (χ2n) is 4.29. The minimum atomic E-state index is -0.486. The normalized spacial score (nSPS) is 10.0. The van der Waals surface area contributed by atoms with Crippen LogP contribution in [0.15, 0.2) is 53.4 Å². The summed E-state index contributed by atoms with van der Waals surface area (Å²) in [6.45, 7) is 0.